The quantitative estimate of drug-likeness (QED) is 0.357. The second kappa shape index (κ2) is 10.3. The van der Waals surface area contributed by atoms with Gasteiger partial charge in [0.05, 0.1) is 0 Å². The number of hydrogen-bond donors (Lipinski definition) is 3. The minimum Gasteiger partial charge on any atom is -0.372 e. The molecule has 0 aliphatic rings. The van der Waals surface area contributed by atoms with Crippen LogP contribution in [-0.4, -0.2) is 44.4 Å². The lowest BCUT2D eigenvalue weighted by Crippen LogP contribution is -2.36. The number of carbonyl (C=O) groups excluding carboxylic acids is 3. The van der Waals surface area contributed by atoms with E-state index in [4.69, 9.17) is 0 Å². The van der Waals surface area contributed by atoms with Gasteiger partial charge in [-0.2, -0.15) is 0 Å². The number of nitrogens with one attached hydrogen (secondary N) is 3. The van der Waals surface area contributed by atoms with Crippen molar-refractivity contribution in [2.24, 2.45) is 0 Å². The summed E-state index contributed by atoms with van der Waals surface area (Å²) in [6, 6.07) is 5.73. The molecule has 0 radical (unpaired) electrons. The summed E-state index contributed by atoms with van der Waals surface area (Å²) in [5, 5.41) is 7.62. The molecule has 7 nitrogen and oxygen atoms in total. The van der Waals surface area contributed by atoms with Gasteiger partial charge in [-0.1, -0.05) is 0 Å². The van der Waals surface area contributed by atoms with E-state index >= 15 is 0 Å². The third-order valence-electron chi connectivity index (χ3n) is 3.66. The van der Waals surface area contributed by atoms with Crippen molar-refractivity contribution in [1.82, 2.24) is 10.6 Å². The van der Waals surface area contributed by atoms with Crippen LogP contribution in [0.25, 0.3) is 0 Å². The maximum absolute atomic E-state index is 11.9. The number of aryl methyl sites for hydroxylation is 1. The predicted molar refractivity (Wildman–Crippen MR) is 95.1 cm³/mol. The minimum atomic E-state index is -0.697. The van der Waals surface area contributed by atoms with E-state index in [0.717, 1.165) is 24.3 Å². The molecular formula is C17H26N4O3. The first-order valence-corrected chi connectivity index (χ1v) is 8.15. The van der Waals surface area contributed by atoms with Crippen molar-refractivity contribution in [3.8, 4) is 0 Å². The van der Waals surface area contributed by atoms with E-state index in [1.165, 1.54) is 0 Å². The first-order chi connectivity index (χ1) is 11.5. The second-order valence-electron chi connectivity index (χ2n) is 5.31. The molecule has 0 atom stereocenters. The molecule has 0 bridgehead atoms. The highest BCUT2D eigenvalue weighted by Crippen LogP contribution is 2.22. The summed E-state index contributed by atoms with van der Waals surface area (Å²) in [6.45, 7) is 8.66. The summed E-state index contributed by atoms with van der Waals surface area (Å²) >= 11 is 0. The molecule has 24 heavy (non-hydrogen) atoms. The SMILES string of the molecule is CCN(CC)c1ccc(NC(=O)C(=O)NCCCNC=O)c(C)c1. The summed E-state index contributed by atoms with van der Waals surface area (Å²) in [4.78, 5) is 35.9. The van der Waals surface area contributed by atoms with Crippen LogP contribution in [0.15, 0.2) is 18.2 Å². The second-order valence-corrected chi connectivity index (χ2v) is 5.31. The molecule has 0 aliphatic heterocycles. The highest BCUT2D eigenvalue weighted by atomic mass is 16.2. The van der Waals surface area contributed by atoms with E-state index in [1.54, 1.807) is 0 Å². The molecule has 0 saturated carbocycles. The van der Waals surface area contributed by atoms with E-state index < -0.39 is 11.8 Å². The lowest BCUT2D eigenvalue weighted by Gasteiger charge is -2.22. The molecule has 1 aromatic carbocycles. The van der Waals surface area contributed by atoms with Crippen LogP contribution in [0.3, 0.4) is 0 Å². The lowest BCUT2D eigenvalue weighted by atomic mass is 10.1. The van der Waals surface area contributed by atoms with Crippen LogP contribution in [0, 0.1) is 6.92 Å². The Hall–Kier alpha value is -2.57. The Kier molecular flexibility index (Phi) is 8.32. The molecule has 3 N–H and O–H groups in total. The number of benzene rings is 1. The fourth-order valence-corrected chi connectivity index (χ4v) is 2.28. The summed E-state index contributed by atoms with van der Waals surface area (Å²) in [6.07, 6.45) is 1.16. The Morgan fingerprint density at radius 1 is 1.12 bits per heavy atom. The van der Waals surface area contributed by atoms with Crippen LogP contribution in [0.4, 0.5) is 11.4 Å². The van der Waals surface area contributed by atoms with Gasteiger partial charge in [0, 0.05) is 37.6 Å². The Balaban J connectivity index is 2.57. The molecule has 0 aromatic heterocycles. The zero-order valence-electron chi connectivity index (χ0n) is 14.5. The first kappa shape index (κ1) is 19.5. The first-order valence-electron chi connectivity index (χ1n) is 8.15. The van der Waals surface area contributed by atoms with Gasteiger partial charge in [0.2, 0.25) is 6.41 Å². The van der Waals surface area contributed by atoms with Gasteiger partial charge in [0.15, 0.2) is 0 Å². The van der Waals surface area contributed by atoms with Crippen molar-refractivity contribution in [3.63, 3.8) is 0 Å². The summed E-state index contributed by atoms with van der Waals surface area (Å²) in [5.74, 6) is -1.38. The Labute approximate surface area is 142 Å². The molecule has 0 unspecified atom stereocenters. The third kappa shape index (κ3) is 5.91. The van der Waals surface area contributed by atoms with Gasteiger partial charge in [0.1, 0.15) is 0 Å². The molecular weight excluding hydrogens is 308 g/mol. The van der Waals surface area contributed by atoms with Crippen LogP contribution >= 0.6 is 0 Å². The third-order valence-corrected chi connectivity index (χ3v) is 3.66. The van der Waals surface area contributed by atoms with Crippen LogP contribution in [-0.2, 0) is 14.4 Å². The smallest absolute Gasteiger partial charge is 0.313 e. The van der Waals surface area contributed by atoms with Crippen molar-refractivity contribution < 1.29 is 14.4 Å². The van der Waals surface area contributed by atoms with Gasteiger partial charge in [-0.15, -0.1) is 0 Å². The highest BCUT2D eigenvalue weighted by molar-refractivity contribution is 6.39. The summed E-state index contributed by atoms with van der Waals surface area (Å²) < 4.78 is 0. The van der Waals surface area contributed by atoms with E-state index in [2.05, 4.69) is 34.7 Å². The zero-order valence-corrected chi connectivity index (χ0v) is 14.5. The lowest BCUT2D eigenvalue weighted by molar-refractivity contribution is -0.136. The van der Waals surface area contributed by atoms with Gasteiger partial charge in [-0.05, 0) is 51.0 Å². The maximum Gasteiger partial charge on any atom is 0.313 e. The fourth-order valence-electron chi connectivity index (χ4n) is 2.28. The Bertz CT molecular complexity index is 571. The predicted octanol–water partition coefficient (Wildman–Crippen LogP) is 1.03. The van der Waals surface area contributed by atoms with E-state index in [-0.39, 0.29) is 0 Å². The Morgan fingerprint density at radius 2 is 1.83 bits per heavy atom. The monoisotopic (exact) mass is 334 g/mol. The standard InChI is InChI=1S/C17H26N4O3/c1-4-21(5-2)14-7-8-15(13(3)11-14)20-17(24)16(23)19-10-6-9-18-12-22/h7-8,11-12H,4-6,9-10H2,1-3H3,(H,18,22)(H,19,23)(H,20,24). The largest absolute Gasteiger partial charge is 0.372 e. The number of amides is 3. The number of anilines is 2. The van der Waals surface area contributed by atoms with Crippen molar-refractivity contribution in [2.75, 3.05) is 36.4 Å². The van der Waals surface area contributed by atoms with Gasteiger partial charge in [-0.25, -0.2) is 0 Å². The molecule has 0 saturated heterocycles. The molecule has 0 heterocycles. The van der Waals surface area contributed by atoms with Crippen LogP contribution in [0.2, 0.25) is 0 Å². The van der Waals surface area contributed by atoms with E-state index in [1.807, 2.05) is 25.1 Å². The molecule has 1 rings (SSSR count). The Morgan fingerprint density at radius 3 is 2.42 bits per heavy atom. The number of rotatable bonds is 9. The summed E-state index contributed by atoms with van der Waals surface area (Å²) in [7, 11) is 0. The van der Waals surface area contributed by atoms with Gasteiger partial charge in [0.25, 0.3) is 0 Å². The topological polar surface area (TPSA) is 90.5 Å². The normalized spacial score (nSPS) is 9.96. The summed E-state index contributed by atoms with van der Waals surface area (Å²) in [5.41, 5.74) is 2.60. The van der Waals surface area contributed by atoms with Crippen LogP contribution in [0.5, 0.6) is 0 Å². The maximum atomic E-state index is 11.9. The van der Waals surface area contributed by atoms with Gasteiger partial charge in [-0.3, -0.25) is 14.4 Å². The number of hydrogen-bond acceptors (Lipinski definition) is 4. The minimum absolute atomic E-state index is 0.326. The van der Waals surface area contributed by atoms with Crippen LogP contribution in [0.1, 0.15) is 25.8 Å². The average molecular weight is 334 g/mol. The molecule has 132 valence electrons. The van der Waals surface area contributed by atoms with Crippen molar-refractivity contribution >= 4 is 29.6 Å². The van der Waals surface area contributed by atoms with Crippen LogP contribution < -0.4 is 20.9 Å². The van der Waals surface area contributed by atoms with Crippen molar-refractivity contribution in [1.29, 1.82) is 0 Å². The van der Waals surface area contributed by atoms with E-state index in [0.29, 0.717) is 31.6 Å². The zero-order chi connectivity index (χ0) is 17.9. The van der Waals surface area contributed by atoms with E-state index in [9.17, 15) is 14.4 Å². The van der Waals surface area contributed by atoms with Gasteiger partial charge >= 0.3 is 11.8 Å². The van der Waals surface area contributed by atoms with Crippen molar-refractivity contribution in [2.45, 2.75) is 27.2 Å². The average Bonchev–Trinajstić information content (AvgIpc) is 2.57. The molecule has 7 heteroatoms. The molecule has 3 amide bonds. The number of carbonyl (C=O) groups is 3. The molecule has 0 spiro atoms. The fraction of sp³-hybridized carbons (Fsp3) is 0.471. The van der Waals surface area contributed by atoms with Crippen molar-refractivity contribution in [3.05, 3.63) is 23.8 Å². The molecule has 0 aliphatic carbocycles. The number of nitrogens with zero attached hydrogens (tertiary/aromatic N) is 1. The molecule has 0 fully saturated rings. The van der Waals surface area contributed by atoms with Gasteiger partial charge < -0.3 is 20.9 Å². The molecule has 1 aromatic rings. The highest BCUT2D eigenvalue weighted by Gasteiger charge is 2.14.